The zero-order valence-electron chi connectivity index (χ0n) is 12.7. The molecule has 106 valence electrons. The highest BCUT2D eigenvalue weighted by atomic mass is 15.1. The van der Waals surface area contributed by atoms with Crippen LogP contribution in [0.2, 0.25) is 0 Å². The molecule has 2 rings (SSSR count). The maximum atomic E-state index is 3.35. The first-order chi connectivity index (χ1) is 9.17. The van der Waals surface area contributed by atoms with Gasteiger partial charge in [-0.3, -0.25) is 0 Å². The van der Waals surface area contributed by atoms with E-state index in [1.165, 1.54) is 38.9 Å². The highest BCUT2D eigenvalue weighted by molar-refractivity contribution is 5.28. The fraction of sp³-hybridized carbons (Fsp3) is 0.647. The smallest absolute Gasteiger partial charge is 0.00476 e. The van der Waals surface area contributed by atoms with Crippen molar-refractivity contribution in [2.45, 2.75) is 33.1 Å². The summed E-state index contributed by atoms with van der Waals surface area (Å²) in [5.41, 5.74) is 3.50. The van der Waals surface area contributed by atoms with E-state index in [0.29, 0.717) is 5.41 Å². The summed E-state index contributed by atoms with van der Waals surface area (Å²) in [5.74, 6) is 0. The number of rotatable bonds is 5. The minimum Gasteiger partial charge on any atom is -0.319 e. The van der Waals surface area contributed by atoms with Crippen molar-refractivity contribution < 1.29 is 0 Å². The lowest BCUT2D eigenvalue weighted by molar-refractivity contribution is 0.162. The van der Waals surface area contributed by atoms with Crippen LogP contribution in [0.1, 0.15) is 31.4 Å². The van der Waals surface area contributed by atoms with Crippen molar-refractivity contribution in [3.8, 4) is 0 Å². The van der Waals surface area contributed by atoms with Gasteiger partial charge in [0.2, 0.25) is 0 Å². The highest BCUT2D eigenvalue weighted by Gasteiger charge is 2.25. The Hall–Kier alpha value is -0.860. The summed E-state index contributed by atoms with van der Waals surface area (Å²) in [6.07, 6.45) is 3.64. The fourth-order valence-corrected chi connectivity index (χ4v) is 3.13. The summed E-state index contributed by atoms with van der Waals surface area (Å²) < 4.78 is 0. The average Bonchev–Trinajstić information content (AvgIpc) is 2.62. The van der Waals surface area contributed by atoms with Crippen molar-refractivity contribution in [2.75, 3.05) is 33.2 Å². The minimum atomic E-state index is 0.394. The third-order valence-corrected chi connectivity index (χ3v) is 4.58. The summed E-state index contributed by atoms with van der Waals surface area (Å²) >= 11 is 0. The van der Waals surface area contributed by atoms with E-state index in [2.05, 4.69) is 55.4 Å². The molecule has 0 spiro atoms. The lowest BCUT2D eigenvalue weighted by Gasteiger charge is -2.34. The quantitative estimate of drug-likeness (QED) is 0.876. The van der Waals surface area contributed by atoms with E-state index < -0.39 is 0 Å². The molecule has 0 saturated heterocycles. The highest BCUT2D eigenvalue weighted by Crippen LogP contribution is 2.23. The standard InChI is InChI=1S/C17H28N2/c1-4-17(2,13-18-3)14-19-11-9-15-7-5-6-8-16(15)10-12-19/h5-8,18H,4,9-14H2,1-3H3. The Morgan fingerprint density at radius 2 is 1.74 bits per heavy atom. The SMILES string of the molecule is CCC(C)(CNC)CN1CCc2ccccc2CC1. The van der Waals surface area contributed by atoms with Gasteiger partial charge in [0.1, 0.15) is 0 Å². The molecule has 1 aromatic carbocycles. The Morgan fingerprint density at radius 3 is 2.21 bits per heavy atom. The van der Waals surface area contributed by atoms with Crippen molar-refractivity contribution in [1.29, 1.82) is 0 Å². The molecule has 0 saturated carbocycles. The van der Waals surface area contributed by atoms with Crippen molar-refractivity contribution >= 4 is 0 Å². The van der Waals surface area contributed by atoms with Crippen LogP contribution in [0.3, 0.4) is 0 Å². The Balaban J connectivity index is 1.98. The maximum Gasteiger partial charge on any atom is 0.00476 e. The van der Waals surface area contributed by atoms with Gasteiger partial charge in [-0.2, -0.15) is 0 Å². The van der Waals surface area contributed by atoms with Gasteiger partial charge in [-0.15, -0.1) is 0 Å². The van der Waals surface area contributed by atoms with Gasteiger partial charge in [-0.1, -0.05) is 38.1 Å². The molecule has 1 N–H and O–H groups in total. The van der Waals surface area contributed by atoms with Gasteiger partial charge in [-0.25, -0.2) is 0 Å². The van der Waals surface area contributed by atoms with Crippen molar-refractivity contribution in [3.63, 3.8) is 0 Å². The van der Waals surface area contributed by atoms with Crippen LogP contribution in [0.25, 0.3) is 0 Å². The van der Waals surface area contributed by atoms with Crippen LogP contribution < -0.4 is 5.32 Å². The second-order valence-corrected chi connectivity index (χ2v) is 6.24. The molecule has 0 amide bonds. The van der Waals surface area contributed by atoms with E-state index in [1.807, 2.05) is 0 Å². The largest absolute Gasteiger partial charge is 0.319 e. The molecule has 0 aliphatic carbocycles. The van der Waals surface area contributed by atoms with Crippen molar-refractivity contribution in [2.24, 2.45) is 5.41 Å². The van der Waals surface area contributed by atoms with E-state index >= 15 is 0 Å². The Kier molecular flexibility index (Phi) is 5.00. The molecule has 19 heavy (non-hydrogen) atoms. The first-order valence-corrected chi connectivity index (χ1v) is 7.60. The van der Waals surface area contributed by atoms with Gasteiger partial charge in [-0.05, 0) is 42.9 Å². The van der Waals surface area contributed by atoms with E-state index in [-0.39, 0.29) is 0 Å². The normalized spacial score (nSPS) is 19.5. The zero-order chi connectivity index (χ0) is 13.7. The van der Waals surface area contributed by atoms with Gasteiger partial charge in [0, 0.05) is 26.2 Å². The van der Waals surface area contributed by atoms with Crippen LogP contribution >= 0.6 is 0 Å². The van der Waals surface area contributed by atoms with Crippen LogP contribution in [-0.4, -0.2) is 38.1 Å². The monoisotopic (exact) mass is 260 g/mol. The molecule has 1 aliphatic heterocycles. The van der Waals surface area contributed by atoms with E-state index in [0.717, 1.165) is 6.54 Å². The second kappa shape index (κ2) is 6.53. The molecule has 0 fully saturated rings. The van der Waals surface area contributed by atoms with Crippen LogP contribution in [0, 0.1) is 5.41 Å². The third kappa shape index (κ3) is 3.80. The number of fused-ring (bicyclic) bond motifs is 1. The molecule has 0 aromatic heterocycles. The lowest BCUT2D eigenvalue weighted by Crippen LogP contribution is -2.42. The Labute approximate surface area is 118 Å². The fourth-order valence-electron chi connectivity index (χ4n) is 3.13. The molecule has 0 bridgehead atoms. The average molecular weight is 260 g/mol. The second-order valence-electron chi connectivity index (χ2n) is 6.24. The Bertz CT molecular complexity index is 375. The maximum absolute atomic E-state index is 3.35. The number of nitrogens with one attached hydrogen (secondary N) is 1. The van der Waals surface area contributed by atoms with Gasteiger partial charge < -0.3 is 10.2 Å². The predicted molar refractivity (Wildman–Crippen MR) is 82.6 cm³/mol. The molecule has 1 heterocycles. The topological polar surface area (TPSA) is 15.3 Å². The predicted octanol–water partition coefficient (Wildman–Crippen LogP) is 2.72. The lowest BCUT2D eigenvalue weighted by atomic mass is 9.86. The number of hydrogen-bond donors (Lipinski definition) is 1. The number of hydrogen-bond acceptors (Lipinski definition) is 2. The van der Waals surface area contributed by atoms with Crippen LogP contribution in [0.5, 0.6) is 0 Å². The summed E-state index contributed by atoms with van der Waals surface area (Å²) in [7, 11) is 2.06. The molecule has 2 nitrogen and oxygen atoms in total. The molecule has 1 atom stereocenters. The van der Waals surface area contributed by atoms with Gasteiger partial charge in [0.25, 0.3) is 0 Å². The van der Waals surface area contributed by atoms with Crippen molar-refractivity contribution in [3.05, 3.63) is 35.4 Å². The van der Waals surface area contributed by atoms with E-state index in [4.69, 9.17) is 0 Å². The van der Waals surface area contributed by atoms with E-state index in [9.17, 15) is 0 Å². The first kappa shape index (κ1) is 14.5. The summed E-state index contributed by atoms with van der Waals surface area (Å²) in [4.78, 5) is 2.65. The summed E-state index contributed by atoms with van der Waals surface area (Å²) in [5, 5.41) is 3.35. The molecular weight excluding hydrogens is 232 g/mol. The van der Waals surface area contributed by atoms with Crippen LogP contribution in [-0.2, 0) is 12.8 Å². The Morgan fingerprint density at radius 1 is 1.16 bits per heavy atom. The molecule has 0 radical (unpaired) electrons. The van der Waals surface area contributed by atoms with Gasteiger partial charge in [0.05, 0.1) is 0 Å². The summed E-state index contributed by atoms with van der Waals surface area (Å²) in [6.45, 7) is 9.43. The molecule has 1 unspecified atom stereocenters. The minimum absolute atomic E-state index is 0.394. The zero-order valence-corrected chi connectivity index (χ0v) is 12.7. The molecule has 1 aromatic rings. The van der Waals surface area contributed by atoms with Crippen molar-refractivity contribution in [1.82, 2.24) is 10.2 Å². The van der Waals surface area contributed by atoms with Crippen LogP contribution in [0.4, 0.5) is 0 Å². The number of benzene rings is 1. The molecular formula is C17H28N2. The number of nitrogens with zero attached hydrogens (tertiary/aromatic N) is 1. The van der Waals surface area contributed by atoms with Gasteiger partial charge in [0.15, 0.2) is 0 Å². The van der Waals surface area contributed by atoms with Gasteiger partial charge >= 0.3 is 0 Å². The molecule has 1 aliphatic rings. The third-order valence-electron chi connectivity index (χ3n) is 4.58. The van der Waals surface area contributed by atoms with Crippen LogP contribution in [0.15, 0.2) is 24.3 Å². The summed E-state index contributed by atoms with van der Waals surface area (Å²) in [6, 6.07) is 8.94. The molecule has 2 heteroatoms. The van der Waals surface area contributed by atoms with E-state index in [1.54, 1.807) is 11.1 Å². The first-order valence-electron chi connectivity index (χ1n) is 7.60.